The van der Waals surface area contributed by atoms with E-state index >= 15 is 0 Å². The predicted molar refractivity (Wildman–Crippen MR) is 94.3 cm³/mol. The Morgan fingerprint density at radius 2 is 1.76 bits per heavy atom. The van der Waals surface area contributed by atoms with Crippen LogP contribution in [-0.4, -0.2) is 32.7 Å². The molecule has 0 fully saturated rings. The quantitative estimate of drug-likeness (QED) is 0.765. The SMILES string of the molecule is COc1ccccc1CC(=O)OCC(=O)Nc1cc(Cl)ccc1OC. The molecule has 132 valence electrons. The molecule has 0 bridgehead atoms. The van der Waals surface area contributed by atoms with Crippen LogP contribution in [0.25, 0.3) is 0 Å². The third-order valence-corrected chi connectivity index (χ3v) is 3.56. The van der Waals surface area contributed by atoms with Gasteiger partial charge in [-0.2, -0.15) is 0 Å². The molecule has 2 aromatic carbocycles. The lowest BCUT2D eigenvalue weighted by atomic mass is 10.1. The van der Waals surface area contributed by atoms with E-state index in [-0.39, 0.29) is 6.42 Å². The zero-order valence-corrected chi connectivity index (χ0v) is 14.6. The molecule has 0 radical (unpaired) electrons. The maximum Gasteiger partial charge on any atom is 0.310 e. The van der Waals surface area contributed by atoms with Crippen LogP contribution in [-0.2, 0) is 20.7 Å². The first-order valence-electron chi connectivity index (χ1n) is 7.44. The Hall–Kier alpha value is -2.73. The smallest absolute Gasteiger partial charge is 0.310 e. The average molecular weight is 364 g/mol. The molecule has 25 heavy (non-hydrogen) atoms. The van der Waals surface area contributed by atoms with E-state index in [4.69, 9.17) is 25.8 Å². The van der Waals surface area contributed by atoms with Crippen molar-refractivity contribution in [3.05, 3.63) is 53.1 Å². The number of carbonyl (C=O) groups excluding carboxylic acids is 2. The normalized spacial score (nSPS) is 10.0. The van der Waals surface area contributed by atoms with Gasteiger partial charge in [-0.15, -0.1) is 0 Å². The van der Waals surface area contributed by atoms with E-state index in [1.807, 2.05) is 0 Å². The molecule has 2 rings (SSSR count). The molecule has 0 aliphatic rings. The minimum atomic E-state index is -0.530. The summed E-state index contributed by atoms with van der Waals surface area (Å²) in [5, 5.41) is 3.04. The second-order valence-electron chi connectivity index (χ2n) is 5.04. The van der Waals surface area contributed by atoms with Gasteiger partial charge in [-0.1, -0.05) is 29.8 Å². The van der Waals surface area contributed by atoms with Crippen LogP contribution in [0.4, 0.5) is 5.69 Å². The molecule has 0 spiro atoms. The zero-order valence-electron chi connectivity index (χ0n) is 13.9. The number of benzene rings is 2. The van der Waals surface area contributed by atoms with Gasteiger partial charge in [-0.25, -0.2) is 0 Å². The number of carbonyl (C=O) groups is 2. The molecule has 6 nitrogen and oxygen atoms in total. The van der Waals surface area contributed by atoms with Gasteiger partial charge >= 0.3 is 5.97 Å². The van der Waals surface area contributed by atoms with E-state index < -0.39 is 18.5 Å². The zero-order chi connectivity index (χ0) is 18.2. The van der Waals surface area contributed by atoms with Crippen molar-refractivity contribution in [1.29, 1.82) is 0 Å². The van der Waals surface area contributed by atoms with Crippen LogP contribution in [0.5, 0.6) is 11.5 Å². The Morgan fingerprint density at radius 3 is 2.48 bits per heavy atom. The summed E-state index contributed by atoms with van der Waals surface area (Å²) < 4.78 is 15.3. The van der Waals surface area contributed by atoms with Gasteiger partial charge in [0.1, 0.15) is 11.5 Å². The minimum absolute atomic E-state index is 0.0117. The fourth-order valence-electron chi connectivity index (χ4n) is 2.17. The summed E-state index contributed by atoms with van der Waals surface area (Å²) in [5.74, 6) is 0.0253. The summed E-state index contributed by atoms with van der Waals surface area (Å²) in [7, 11) is 3.00. The second-order valence-corrected chi connectivity index (χ2v) is 5.48. The molecule has 0 unspecified atom stereocenters. The Morgan fingerprint density at radius 1 is 1.04 bits per heavy atom. The molecular weight excluding hydrogens is 346 g/mol. The van der Waals surface area contributed by atoms with Crippen LogP contribution in [0.15, 0.2) is 42.5 Å². The number of hydrogen-bond acceptors (Lipinski definition) is 5. The fraction of sp³-hybridized carbons (Fsp3) is 0.222. The van der Waals surface area contributed by atoms with E-state index in [1.165, 1.54) is 14.2 Å². The van der Waals surface area contributed by atoms with Crippen LogP contribution in [0.2, 0.25) is 5.02 Å². The Balaban J connectivity index is 1.89. The van der Waals surface area contributed by atoms with Gasteiger partial charge in [-0.05, 0) is 24.3 Å². The van der Waals surface area contributed by atoms with Gasteiger partial charge in [0.15, 0.2) is 6.61 Å². The van der Waals surface area contributed by atoms with Gasteiger partial charge in [0.2, 0.25) is 0 Å². The summed E-state index contributed by atoms with van der Waals surface area (Å²) >= 11 is 5.90. The van der Waals surface area contributed by atoms with Crippen molar-refractivity contribution in [2.24, 2.45) is 0 Å². The maximum absolute atomic E-state index is 12.0. The minimum Gasteiger partial charge on any atom is -0.496 e. The third-order valence-electron chi connectivity index (χ3n) is 3.33. The van der Waals surface area contributed by atoms with E-state index in [1.54, 1.807) is 42.5 Å². The highest BCUT2D eigenvalue weighted by Crippen LogP contribution is 2.27. The standard InChI is InChI=1S/C18H18ClNO5/c1-23-15-6-4-3-5-12(15)9-18(22)25-11-17(21)20-14-10-13(19)7-8-16(14)24-2/h3-8,10H,9,11H2,1-2H3,(H,20,21). The monoisotopic (exact) mass is 363 g/mol. The van der Waals surface area contributed by atoms with E-state index in [9.17, 15) is 9.59 Å². The van der Waals surface area contributed by atoms with Crippen LogP contribution < -0.4 is 14.8 Å². The summed E-state index contributed by atoms with van der Waals surface area (Å²) in [5.41, 5.74) is 1.09. The molecule has 0 heterocycles. The molecule has 0 atom stereocenters. The number of rotatable bonds is 7. The third kappa shape index (κ3) is 5.39. The Kier molecular flexibility index (Phi) is 6.65. The number of halogens is 1. The molecular formula is C18H18ClNO5. The molecule has 0 aliphatic heterocycles. The van der Waals surface area contributed by atoms with Crippen molar-refractivity contribution in [3.8, 4) is 11.5 Å². The highest BCUT2D eigenvalue weighted by molar-refractivity contribution is 6.31. The Bertz CT molecular complexity index is 763. The maximum atomic E-state index is 12.0. The lowest BCUT2D eigenvalue weighted by Gasteiger charge is -2.11. The van der Waals surface area contributed by atoms with Crippen LogP contribution >= 0.6 is 11.6 Å². The number of ether oxygens (including phenoxy) is 3. The molecule has 0 saturated carbocycles. The average Bonchev–Trinajstić information content (AvgIpc) is 2.60. The number of amides is 1. The van der Waals surface area contributed by atoms with Crippen molar-refractivity contribution < 1.29 is 23.8 Å². The number of hydrogen-bond donors (Lipinski definition) is 1. The van der Waals surface area contributed by atoms with Crippen molar-refractivity contribution in [2.75, 3.05) is 26.1 Å². The predicted octanol–water partition coefficient (Wildman–Crippen LogP) is 3.08. The van der Waals surface area contributed by atoms with Gasteiger partial charge < -0.3 is 19.5 Å². The van der Waals surface area contributed by atoms with Crippen molar-refractivity contribution >= 4 is 29.2 Å². The molecule has 0 aliphatic carbocycles. The highest BCUT2D eigenvalue weighted by Gasteiger charge is 2.13. The summed E-state index contributed by atoms with van der Waals surface area (Å²) in [4.78, 5) is 23.9. The lowest BCUT2D eigenvalue weighted by molar-refractivity contribution is -0.146. The van der Waals surface area contributed by atoms with Gasteiger partial charge in [0.05, 0.1) is 26.3 Å². The number of esters is 1. The van der Waals surface area contributed by atoms with Crippen LogP contribution in [0.1, 0.15) is 5.56 Å². The first-order chi connectivity index (χ1) is 12.0. The largest absolute Gasteiger partial charge is 0.496 e. The summed E-state index contributed by atoms with van der Waals surface area (Å²) in [6.07, 6.45) is 0.0117. The molecule has 1 amide bonds. The molecule has 2 aromatic rings. The summed E-state index contributed by atoms with van der Waals surface area (Å²) in [6.45, 7) is -0.413. The van der Waals surface area contributed by atoms with Gasteiger partial charge in [0, 0.05) is 10.6 Å². The lowest BCUT2D eigenvalue weighted by Crippen LogP contribution is -2.22. The Labute approximate surface area is 150 Å². The van der Waals surface area contributed by atoms with Crippen molar-refractivity contribution in [3.63, 3.8) is 0 Å². The van der Waals surface area contributed by atoms with Crippen LogP contribution in [0, 0.1) is 0 Å². The number of nitrogens with one attached hydrogen (secondary N) is 1. The number of anilines is 1. The highest BCUT2D eigenvalue weighted by atomic mass is 35.5. The topological polar surface area (TPSA) is 73.9 Å². The fourth-order valence-corrected chi connectivity index (χ4v) is 2.34. The van der Waals surface area contributed by atoms with Crippen molar-refractivity contribution in [2.45, 2.75) is 6.42 Å². The van der Waals surface area contributed by atoms with Crippen LogP contribution in [0.3, 0.4) is 0 Å². The first kappa shape index (κ1) is 18.6. The molecule has 7 heteroatoms. The van der Waals surface area contributed by atoms with E-state index in [0.29, 0.717) is 27.8 Å². The number of para-hydroxylation sites is 1. The van der Waals surface area contributed by atoms with Gasteiger partial charge in [0.25, 0.3) is 5.91 Å². The first-order valence-corrected chi connectivity index (χ1v) is 7.82. The summed E-state index contributed by atoms with van der Waals surface area (Å²) in [6, 6.07) is 11.9. The molecule has 0 saturated heterocycles. The second kappa shape index (κ2) is 8.94. The van der Waals surface area contributed by atoms with Crippen molar-refractivity contribution in [1.82, 2.24) is 0 Å². The molecule has 1 N–H and O–H groups in total. The van der Waals surface area contributed by atoms with E-state index in [0.717, 1.165) is 0 Å². The molecule has 0 aromatic heterocycles. The van der Waals surface area contributed by atoms with E-state index in [2.05, 4.69) is 5.32 Å². The van der Waals surface area contributed by atoms with Gasteiger partial charge in [-0.3, -0.25) is 9.59 Å². The number of methoxy groups -OCH3 is 2.